The second kappa shape index (κ2) is 28.9. The number of hydrogen-bond acceptors (Lipinski definition) is 22. The van der Waals surface area contributed by atoms with E-state index in [9.17, 15) is 39.5 Å². The van der Waals surface area contributed by atoms with E-state index in [-0.39, 0.29) is 70.1 Å². The number of alkyl halides is 9. The van der Waals surface area contributed by atoms with Gasteiger partial charge in [-0.3, -0.25) is 15.0 Å². The quantitative estimate of drug-likeness (QED) is 0.0585. The lowest BCUT2D eigenvalue weighted by Gasteiger charge is -2.36. The number of anilines is 3. The Hall–Kier alpha value is -9.85. The fourth-order valence-corrected chi connectivity index (χ4v) is 14.4. The number of hydrogen-bond donors (Lipinski definition) is 6. The standard InChI is InChI=1S/2C25H27F3N6O.C24H25F3N6O2/c1-13-21(14(2)35-34-13)20-8-5-16-17(6-7-19(16)32-20)22-18(25(26,27)28)11-30-23(33-22)31-15-9-24(3,4)12-29-10-15;1-13-21(14(2)35-34-13)20-8-5-16-17(6-7-19(16)32-20)22-18(25(26,27)28)12-29-23(33-22)31-15-9-10-24(3,4)30-11-15;1-12-21(13(2)35-33-12)18-7-4-14-15(5-6-17(14)30-18)22-16(24(25,26)27)10-29-23(32-22)31-19-11-28-9-8-20(19)34-3/h5-6,8,11,15,29H,7,9-10,12H2,1-4H3,(H,30,31,33);5-6,8,12,15,30H,7,9-11H2,1-4H3,(H,29,31,33);4-5,7,10,19-20,28H,6,8-9,11H2,1-3H3,(H,29,31,32)/t2*15-;19-,20-/m001/s1. The number of fused-ring (bicyclic) bond motifs is 3. The number of piperidine rings is 3. The van der Waals surface area contributed by atoms with Gasteiger partial charge in [0.05, 0.1) is 97.2 Å². The first-order valence-corrected chi connectivity index (χ1v) is 34.5. The van der Waals surface area contributed by atoms with Crippen LogP contribution in [0.4, 0.5) is 57.4 Å². The third kappa shape index (κ3) is 15.8. The number of nitrogens with one attached hydrogen (secondary N) is 6. The molecule has 0 amide bonds. The number of halogens is 9. The molecule has 0 spiro atoms. The molecule has 31 heteroatoms. The van der Waals surface area contributed by atoms with Crippen molar-refractivity contribution in [2.24, 2.45) is 5.41 Å². The first-order valence-electron chi connectivity index (χ1n) is 34.5. The van der Waals surface area contributed by atoms with Gasteiger partial charge in [-0.1, -0.05) is 65.7 Å². The Kier molecular flexibility index (Phi) is 20.2. The molecule has 552 valence electrons. The van der Waals surface area contributed by atoms with Gasteiger partial charge in [-0.15, -0.1) is 0 Å². The zero-order chi connectivity index (χ0) is 74.7. The minimum absolute atomic E-state index is 0.0208. The van der Waals surface area contributed by atoms with Crippen molar-refractivity contribution in [3.05, 3.63) is 175 Å². The molecule has 4 atom stereocenters. The highest BCUT2D eigenvalue weighted by Crippen LogP contribution is 2.45. The zero-order valence-electron chi connectivity index (χ0n) is 59.6. The topological polar surface area (TPSA) is 276 Å². The van der Waals surface area contributed by atoms with Crippen molar-refractivity contribution in [1.29, 1.82) is 0 Å². The Bertz CT molecular complexity index is 4790. The molecule has 6 N–H and O–H groups in total. The molecule has 9 aromatic rings. The van der Waals surface area contributed by atoms with Gasteiger partial charge in [-0.05, 0) is 111 Å². The highest BCUT2D eigenvalue weighted by molar-refractivity contribution is 5.87. The van der Waals surface area contributed by atoms with E-state index in [4.69, 9.17) is 33.3 Å². The van der Waals surface area contributed by atoms with Crippen molar-refractivity contribution in [3.63, 3.8) is 0 Å². The van der Waals surface area contributed by atoms with E-state index in [2.05, 4.69) is 105 Å². The van der Waals surface area contributed by atoms with Crippen molar-refractivity contribution in [3.8, 4) is 33.8 Å². The summed E-state index contributed by atoms with van der Waals surface area (Å²) in [5.41, 5.74) is 8.80. The summed E-state index contributed by atoms with van der Waals surface area (Å²) in [6.45, 7) is 23.1. The van der Waals surface area contributed by atoms with Crippen LogP contribution in [0.2, 0.25) is 0 Å². The van der Waals surface area contributed by atoms with Crippen molar-refractivity contribution in [2.45, 2.75) is 162 Å². The minimum Gasteiger partial charge on any atom is -0.379 e. The number of methoxy groups -OCH3 is 1. The maximum absolute atomic E-state index is 13.9. The van der Waals surface area contributed by atoms with Gasteiger partial charge in [0, 0.05) is 122 Å². The van der Waals surface area contributed by atoms with Crippen LogP contribution in [0.5, 0.6) is 0 Å². The van der Waals surface area contributed by atoms with Crippen LogP contribution >= 0.6 is 0 Å². The fourth-order valence-electron chi connectivity index (χ4n) is 14.4. The van der Waals surface area contributed by atoms with Crippen LogP contribution in [0.3, 0.4) is 0 Å². The number of rotatable bonds is 13. The maximum atomic E-state index is 13.9. The molecular formula is C74H79F9N18O4. The summed E-state index contributed by atoms with van der Waals surface area (Å²) in [5.74, 6) is 2.43. The zero-order valence-corrected chi connectivity index (χ0v) is 59.6. The Balaban J connectivity index is 0.000000140. The number of pyridine rings is 3. The first kappa shape index (κ1) is 73.5. The molecule has 0 aromatic carbocycles. The van der Waals surface area contributed by atoms with Gasteiger partial charge in [0.25, 0.3) is 0 Å². The van der Waals surface area contributed by atoms with E-state index in [1.807, 2.05) is 34.6 Å². The molecule has 9 aromatic heterocycles. The van der Waals surface area contributed by atoms with Gasteiger partial charge < -0.3 is 50.2 Å². The average molecular weight is 1460 g/mol. The van der Waals surface area contributed by atoms with Crippen molar-refractivity contribution in [1.82, 2.24) is 76.3 Å². The molecule has 12 heterocycles. The summed E-state index contributed by atoms with van der Waals surface area (Å²) < 4.78 is 147. The predicted molar refractivity (Wildman–Crippen MR) is 374 cm³/mol. The number of nitrogens with zero attached hydrogens (tertiary/aromatic N) is 12. The van der Waals surface area contributed by atoms with Gasteiger partial charge >= 0.3 is 18.5 Å². The SMILES string of the molecule is CO[C@@H]1CCNC[C@H]1Nc1ncc(C(F)(F)F)c(C2=CCc3nc(-c4c(C)noc4C)ccc32)n1.Cc1noc(C)c1-c1ccc2c(n1)CC=C2c1nc(N[C@@H]2CNCC(C)(C)C2)ncc1C(F)(F)F.Cc1noc(C)c1-c1ccc2c(n1)CC=C2c1nc(N[C@H]2CCC(C)(C)NC2)ncc1C(F)(F)F. The summed E-state index contributed by atoms with van der Waals surface area (Å²) in [6, 6.07) is 10.6. The van der Waals surface area contributed by atoms with Crippen LogP contribution in [0.25, 0.3) is 50.5 Å². The smallest absolute Gasteiger partial charge is 0.379 e. The van der Waals surface area contributed by atoms with Gasteiger partial charge in [-0.25, -0.2) is 29.9 Å². The average Bonchev–Trinajstić information content (AvgIpc) is 1.67. The van der Waals surface area contributed by atoms with Crippen LogP contribution in [0.15, 0.2) is 86.8 Å². The van der Waals surface area contributed by atoms with Crippen molar-refractivity contribution >= 4 is 34.6 Å². The van der Waals surface area contributed by atoms with Crippen LogP contribution in [0, 0.1) is 47.0 Å². The number of aryl methyl sites for hydroxylation is 6. The molecule has 3 saturated heterocycles. The molecule has 3 fully saturated rings. The van der Waals surface area contributed by atoms with Crippen molar-refractivity contribution in [2.75, 3.05) is 55.8 Å². The highest BCUT2D eigenvalue weighted by atomic mass is 19.4. The van der Waals surface area contributed by atoms with E-state index in [0.29, 0.717) is 141 Å². The molecule has 15 rings (SSSR count). The summed E-state index contributed by atoms with van der Waals surface area (Å²) in [5, 5.41) is 31.6. The summed E-state index contributed by atoms with van der Waals surface area (Å²) in [6.07, 6.45) is -1.39. The highest BCUT2D eigenvalue weighted by Gasteiger charge is 2.42. The largest absolute Gasteiger partial charge is 0.419 e. The second-order valence-electron chi connectivity index (χ2n) is 28.5. The van der Waals surface area contributed by atoms with E-state index < -0.39 is 35.2 Å². The molecule has 0 saturated carbocycles. The lowest BCUT2D eigenvalue weighted by molar-refractivity contribution is -0.139. The molecule has 0 unspecified atom stereocenters. The van der Waals surface area contributed by atoms with Gasteiger partial charge in [-0.2, -0.15) is 39.5 Å². The maximum Gasteiger partial charge on any atom is 0.419 e. The molecule has 105 heavy (non-hydrogen) atoms. The Morgan fingerprint density at radius 2 is 0.886 bits per heavy atom. The Morgan fingerprint density at radius 3 is 1.24 bits per heavy atom. The monoisotopic (exact) mass is 1450 g/mol. The fraction of sp³-hybridized carbons (Fsp3) is 0.432. The molecule has 3 aliphatic heterocycles. The minimum atomic E-state index is -4.61. The molecule has 0 radical (unpaired) electrons. The van der Waals surface area contributed by atoms with E-state index >= 15 is 0 Å². The Labute approximate surface area is 598 Å². The summed E-state index contributed by atoms with van der Waals surface area (Å²) in [7, 11) is 1.62. The molecule has 6 aliphatic rings. The molecule has 22 nitrogen and oxygen atoms in total. The molecule has 3 aliphatic carbocycles. The van der Waals surface area contributed by atoms with E-state index in [1.165, 1.54) is 0 Å². The number of aromatic nitrogens is 12. The second-order valence-corrected chi connectivity index (χ2v) is 28.5. The number of ether oxygens (including phenoxy) is 1. The molecule has 0 bridgehead atoms. The van der Waals surface area contributed by atoms with Crippen LogP contribution < -0.4 is 31.9 Å². The summed E-state index contributed by atoms with van der Waals surface area (Å²) in [4.78, 5) is 39.2. The molecular weight excluding hydrogens is 1380 g/mol. The Morgan fingerprint density at radius 1 is 0.486 bits per heavy atom. The lowest BCUT2D eigenvalue weighted by atomic mass is 9.83. The van der Waals surface area contributed by atoms with Crippen LogP contribution in [-0.4, -0.2) is 130 Å². The van der Waals surface area contributed by atoms with Crippen LogP contribution in [-0.2, 0) is 42.5 Å². The van der Waals surface area contributed by atoms with E-state index in [1.54, 1.807) is 68.7 Å². The lowest BCUT2D eigenvalue weighted by Crippen LogP contribution is -2.50. The first-order chi connectivity index (χ1) is 49.8. The van der Waals surface area contributed by atoms with Gasteiger partial charge in [0.1, 0.15) is 34.0 Å². The summed E-state index contributed by atoms with van der Waals surface area (Å²) >= 11 is 0. The predicted octanol–water partition coefficient (Wildman–Crippen LogP) is 14.0. The number of allylic oxidation sites excluding steroid dienone is 3. The van der Waals surface area contributed by atoms with Gasteiger partial charge in [0.15, 0.2) is 0 Å². The van der Waals surface area contributed by atoms with E-state index in [0.717, 1.165) is 74.1 Å². The van der Waals surface area contributed by atoms with Gasteiger partial charge in [0.2, 0.25) is 17.8 Å². The third-order valence-corrected chi connectivity index (χ3v) is 19.6. The normalized spacial score (nSPS) is 19.6. The van der Waals surface area contributed by atoms with Crippen molar-refractivity contribution < 1.29 is 57.8 Å². The third-order valence-electron chi connectivity index (χ3n) is 19.6. The van der Waals surface area contributed by atoms with Crippen LogP contribution in [0.1, 0.15) is 155 Å².